The van der Waals surface area contributed by atoms with Crippen molar-refractivity contribution in [3.05, 3.63) is 11.8 Å². The quantitative estimate of drug-likeness (QED) is 0.670. The first-order valence-electron chi connectivity index (χ1n) is 7.13. The van der Waals surface area contributed by atoms with Gasteiger partial charge in [0.15, 0.2) is 0 Å². The molecule has 0 amide bonds. The van der Waals surface area contributed by atoms with E-state index in [1.165, 1.54) is 19.1 Å². The molecule has 102 valence electrons. The highest BCUT2D eigenvalue weighted by atomic mass is 16.5. The Balaban J connectivity index is 1.84. The Morgan fingerprint density at radius 3 is 2.56 bits per heavy atom. The van der Waals surface area contributed by atoms with E-state index in [9.17, 15) is 0 Å². The Morgan fingerprint density at radius 1 is 1.17 bits per heavy atom. The van der Waals surface area contributed by atoms with Gasteiger partial charge in [0, 0.05) is 25.1 Å². The summed E-state index contributed by atoms with van der Waals surface area (Å²) in [7, 11) is 0. The van der Waals surface area contributed by atoms with Gasteiger partial charge in [-0.2, -0.15) is 0 Å². The van der Waals surface area contributed by atoms with E-state index in [-0.39, 0.29) is 6.23 Å². The molecular formula is C14H25N3O. The number of ether oxygens (including phenoxy) is 1. The highest BCUT2D eigenvalue weighted by Gasteiger charge is 2.21. The third kappa shape index (κ3) is 3.82. The molecule has 0 radical (unpaired) electrons. The summed E-state index contributed by atoms with van der Waals surface area (Å²) >= 11 is 0. The van der Waals surface area contributed by atoms with E-state index >= 15 is 0 Å². The molecule has 0 aromatic rings. The van der Waals surface area contributed by atoms with Crippen molar-refractivity contribution in [1.29, 1.82) is 5.41 Å². The molecule has 1 aliphatic carbocycles. The van der Waals surface area contributed by atoms with E-state index in [1.807, 2.05) is 6.20 Å². The van der Waals surface area contributed by atoms with Crippen LogP contribution >= 0.6 is 0 Å². The van der Waals surface area contributed by atoms with Crippen molar-refractivity contribution in [2.45, 2.75) is 57.2 Å². The van der Waals surface area contributed by atoms with Gasteiger partial charge in [0.2, 0.25) is 0 Å². The van der Waals surface area contributed by atoms with Crippen LogP contribution in [0.3, 0.4) is 0 Å². The molecule has 4 nitrogen and oxygen atoms in total. The fourth-order valence-corrected chi connectivity index (χ4v) is 2.79. The molecule has 0 spiro atoms. The average Bonchev–Trinajstić information content (AvgIpc) is 2.42. The first-order valence-corrected chi connectivity index (χ1v) is 7.13. The van der Waals surface area contributed by atoms with Crippen molar-refractivity contribution in [2.24, 2.45) is 11.7 Å². The Hall–Kier alpha value is -0.870. The van der Waals surface area contributed by atoms with Crippen molar-refractivity contribution >= 4 is 6.21 Å². The minimum absolute atomic E-state index is 0.138. The van der Waals surface area contributed by atoms with Gasteiger partial charge in [0.25, 0.3) is 0 Å². The van der Waals surface area contributed by atoms with Gasteiger partial charge in [-0.3, -0.25) is 0 Å². The van der Waals surface area contributed by atoms with Crippen LogP contribution in [0.1, 0.15) is 44.9 Å². The van der Waals surface area contributed by atoms with Crippen molar-refractivity contribution in [2.75, 3.05) is 6.61 Å². The zero-order valence-corrected chi connectivity index (χ0v) is 11.0. The van der Waals surface area contributed by atoms with Crippen LogP contribution in [0.5, 0.6) is 0 Å². The minimum Gasteiger partial charge on any atom is -0.366 e. The van der Waals surface area contributed by atoms with Crippen LogP contribution in [0.25, 0.3) is 0 Å². The maximum Gasteiger partial charge on any atom is 0.127 e. The minimum atomic E-state index is 0.138. The molecule has 1 heterocycles. The van der Waals surface area contributed by atoms with Crippen LogP contribution in [-0.2, 0) is 4.74 Å². The second-order valence-corrected chi connectivity index (χ2v) is 5.42. The summed E-state index contributed by atoms with van der Waals surface area (Å²) in [5.41, 5.74) is 7.01. The number of rotatable bonds is 4. The Labute approximate surface area is 109 Å². The molecule has 4 N–H and O–H groups in total. The fourth-order valence-electron chi connectivity index (χ4n) is 2.79. The van der Waals surface area contributed by atoms with Crippen LogP contribution < -0.4 is 11.1 Å². The normalized spacial score (nSPS) is 34.1. The fraction of sp³-hybridized carbons (Fsp3) is 0.786. The van der Waals surface area contributed by atoms with Gasteiger partial charge in [-0.05, 0) is 56.4 Å². The lowest BCUT2D eigenvalue weighted by Crippen LogP contribution is -2.32. The number of hydrogen-bond donors (Lipinski definition) is 3. The molecule has 2 rings (SSSR count). The molecule has 0 aromatic carbocycles. The summed E-state index contributed by atoms with van der Waals surface area (Å²) in [6, 6.07) is 0.364. The van der Waals surface area contributed by atoms with Gasteiger partial charge in [0.05, 0.1) is 0 Å². The Kier molecular flexibility index (Phi) is 5.20. The summed E-state index contributed by atoms with van der Waals surface area (Å²) in [5.74, 6) is 0.499. The third-order valence-electron chi connectivity index (χ3n) is 4.03. The number of nitrogens with one attached hydrogen (secondary N) is 2. The summed E-state index contributed by atoms with van der Waals surface area (Å²) < 4.78 is 5.63. The van der Waals surface area contributed by atoms with Crippen molar-refractivity contribution < 1.29 is 4.74 Å². The van der Waals surface area contributed by atoms with Crippen LogP contribution in [0.2, 0.25) is 0 Å². The molecule has 2 aliphatic rings. The monoisotopic (exact) mass is 251 g/mol. The third-order valence-corrected chi connectivity index (χ3v) is 4.03. The smallest absolute Gasteiger partial charge is 0.127 e. The first-order chi connectivity index (χ1) is 8.79. The van der Waals surface area contributed by atoms with Crippen LogP contribution in [-0.4, -0.2) is 25.1 Å². The molecule has 0 bridgehead atoms. The Morgan fingerprint density at radius 2 is 1.94 bits per heavy atom. The van der Waals surface area contributed by atoms with E-state index in [0.29, 0.717) is 12.0 Å². The number of hydrogen-bond acceptors (Lipinski definition) is 4. The first kappa shape index (κ1) is 13.6. The summed E-state index contributed by atoms with van der Waals surface area (Å²) in [5, 5.41) is 10.9. The van der Waals surface area contributed by atoms with E-state index < -0.39 is 0 Å². The predicted molar refractivity (Wildman–Crippen MR) is 73.5 cm³/mol. The van der Waals surface area contributed by atoms with E-state index in [0.717, 1.165) is 44.3 Å². The molecule has 0 aromatic heterocycles. The average molecular weight is 251 g/mol. The maximum atomic E-state index is 7.56. The van der Waals surface area contributed by atoms with Gasteiger partial charge in [0.1, 0.15) is 6.23 Å². The zero-order valence-electron chi connectivity index (χ0n) is 11.0. The van der Waals surface area contributed by atoms with Gasteiger partial charge in [-0.1, -0.05) is 0 Å². The molecule has 4 heteroatoms. The number of allylic oxidation sites excluding steroid dienone is 1. The molecule has 1 unspecified atom stereocenters. The SMILES string of the molecule is N=C/C(=C\NC1CCCCO1)C1CCC(N)CC1. The lowest BCUT2D eigenvalue weighted by Gasteiger charge is -2.28. The molecule has 1 aliphatic heterocycles. The molecule has 1 saturated carbocycles. The molecule has 1 saturated heterocycles. The van der Waals surface area contributed by atoms with E-state index in [1.54, 1.807) is 0 Å². The lowest BCUT2D eigenvalue weighted by molar-refractivity contribution is 0.00318. The van der Waals surface area contributed by atoms with Gasteiger partial charge in [-0.15, -0.1) is 0 Å². The second kappa shape index (κ2) is 6.90. The highest BCUT2D eigenvalue weighted by Crippen LogP contribution is 2.28. The van der Waals surface area contributed by atoms with Crippen LogP contribution in [0.15, 0.2) is 11.8 Å². The van der Waals surface area contributed by atoms with Crippen LogP contribution in [0, 0.1) is 11.3 Å². The van der Waals surface area contributed by atoms with Gasteiger partial charge in [-0.25, -0.2) is 0 Å². The highest BCUT2D eigenvalue weighted by molar-refractivity contribution is 5.76. The zero-order chi connectivity index (χ0) is 12.8. The van der Waals surface area contributed by atoms with Gasteiger partial charge < -0.3 is 21.2 Å². The molecule has 2 fully saturated rings. The molecular weight excluding hydrogens is 226 g/mol. The van der Waals surface area contributed by atoms with E-state index in [4.69, 9.17) is 15.9 Å². The maximum absolute atomic E-state index is 7.56. The van der Waals surface area contributed by atoms with Crippen LogP contribution in [0.4, 0.5) is 0 Å². The largest absolute Gasteiger partial charge is 0.366 e. The standard InChI is InChI=1S/C14H25N3O/c15-9-12(11-4-6-13(16)7-5-11)10-17-14-3-1-2-8-18-14/h9-11,13-15,17H,1-8,16H2/b12-10+,15-9?. The van der Waals surface area contributed by atoms with E-state index in [2.05, 4.69) is 5.32 Å². The Bertz CT molecular complexity index is 289. The second-order valence-electron chi connectivity index (χ2n) is 5.42. The summed E-state index contributed by atoms with van der Waals surface area (Å²) in [6.45, 7) is 0.851. The predicted octanol–water partition coefficient (Wildman–Crippen LogP) is 2.15. The lowest BCUT2D eigenvalue weighted by atomic mass is 9.82. The molecule has 18 heavy (non-hydrogen) atoms. The summed E-state index contributed by atoms with van der Waals surface area (Å²) in [6.07, 6.45) is 11.4. The number of nitrogens with two attached hydrogens (primary N) is 1. The molecule has 1 atom stereocenters. The topological polar surface area (TPSA) is 71.1 Å². The summed E-state index contributed by atoms with van der Waals surface area (Å²) in [4.78, 5) is 0. The van der Waals surface area contributed by atoms with Gasteiger partial charge >= 0.3 is 0 Å². The van der Waals surface area contributed by atoms with Crippen molar-refractivity contribution in [3.63, 3.8) is 0 Å². The van der Waals surface area contributed by atoms with Crippen molar-refractivity contribution in [1.82, 2.24) is 5.32 Å². The van der Waals surface area contributed by atoms with Crippen molar-refractivity contribution in [3.8, 4) is 0 Å².